The number of benzene rings is 1. The molecule has 4 heteroatoms. The van der Waals surface area contributed by atoms with Gasteiger partial charge in [0.05, 0.1) is 5.75 Å². The number of para-hydroxylation sites is 1. The van der Waals surface area contributed by atoms with Gasteiger partial charge in [0.1, 0.15) is 9.84 Å². The molecule has 0 spiro atoms. The lowest BCUT2D eigenvalue weighted by molar-refractivity contribution is 0.589. The van der Waals surface area contributed by atoms with Crippen molar-refractivity contribution in [1.29, 1.82) is 0 Å². The summed E-state index contributed by atoms with van der Waals surface area (Å²) < 4.78 is 24.9. The molecule has 1 aromatic heterocycles. The van der Waals surface area contributed by atoms with E-state index in [1.807, 2.05) is 18.3 Å². The first-order valence-electron chi connectivity index (χ1n) is 5.87. The second-order valence-corrected chi connectivity index (χ2v) is 6.63. The number of aromatic nitrogens is 1. The van der Waals surface area contributed by atoms with Crippen LogP contribution in [0, 0.1) is 0 Å². The van der Waals surface area contributed by atoms with Gasteiger partial charge < -0.3 is 4.57 Å². The normalized spacial score (nSPS) is 12.1. The number of sulfone groups is 1. The SMILES string of the molecule is CCS(=O)(=O)CCCn1ccc2ccccc21. The van der Waals surface area contributed by atoms with Gasteiger partial charge in [-0.25, -0.2) is 8.42 Å². The third kappa shape index (κ3) is 2.88. The van der Waals surface area contributed by atoms with E-state index in [0.29, 0.717) is 6.42 Å². The average Bonchev–Trinajstić information content (AvgIpc) is 2.73. The zero-order chi connectivity index (χ0) is 12.3. The predicted molar refractivity (Wildman–Crippen MR) is 70.9 cm³/mol. The lowest BCUT2D eigenvalue weighted by Gasteiger charge is -2.05. The fourth-order valence-corrected chi connectivity index (χ4v) is 2.79. The van der Waals surface area contributed by atoms with E-state index in [1.165, 1.54) is 10.9 Å². The Morgan fingerprint density at radius 3 is 2.71 bits per heavy atom. The predicted octanol–water partition coefficient (Wildman–Crippen LogP) is 2.47. The van der Waals surface area contributed by atoms with Crippen LogP contribution in [0.2, 0.25) is 0 Å². The van der Waals surface area contributed by atoms with Gasteiger partial charge in [-0.2, -0.15) is 0 Å². The molecule has 0 aliphatic heterocycles. The van der Waals surface area contributed by atoms with Crippen molar-refractivity contribution in [2.24, 2.45) is 0 Å². The van der Waals surface area contributed by atoms with Crippen molar-refractivity contribution < 1.29 is 8.42 Å². The highest BCUT2D eigenvalue weighted by Gasteiger charge is 2.07. The van der Waals surface area contributed by atoms with Crippen LogP contribution >= 0.6 is 0 Å². The first-order chi connectivity index (χ1) is 8.12. The Balaban J connectivity index is 2.05. The lowest BCUT2D eigenvalue weighted by atomic mass is 10.2. The zero-order valence-corrected chi connectivity index (χ0v) is 10.8. The van der Waals surface area contributed by atoms with Gasteiger partial charge in [-0.1, -0.05) is 25.1 Å². The Kier molecular flexibility index (Phi) is 3.52. The van der Waals surface area contributed by atoms with E-state index in [9.17, 15) is 8.42 Å². The van der Waals surface area contributed by atoms with Crippen LogP contribution in [0.5, 0.6) is 0 Å². The summed E-state index contributed by atoms with van der Waals surface area (Å²) in [7, 11) is -2.84. The number of hydrogen-bond donors (Lipinski definition) is 0. The van der Waals surface area contributed by atoms with Crippen LogP contribution in [0.15, 0.2) is 36.5 Å². The van der Waals surface area contributed by atoms with Crippen LogP contribution in [0.25, 0.3) is 10.9 Å². The summed E-state index contributed by atoms with van der Waals surface area (Å²) in [6.45, 7) is 2.45. The highest BCUT2D eigenvalue weighted by Crippen LogP contribution is 2.15. The molecule has 2 rings (SSSR count). The third-order valence-electron chi connectivity index (χ3n) is 2.97. The maximum Gasteiger partial charge on any atom is 0.150 e. The highest BCUT2D eigenvalue weighted by atomic mass is 32.2. The number of rotatable bonds is 5. The molecule has 0 aliphatic carbocycles. The molecule has 2 aromatic rings. The minimum Gasteiger partial charge on any atom is -0.347 e. The molecule has 92 valence electrons. The maximum atomic E-state index is 11.4. The minimum absolute atomic E-state index is 0.236. The second kappa shape index (κ2) is 4.92. The van der Waals surface area contributed by atoms with E-state index in [-0.39, 0.29) is 11.5 Å². The van der Waals surface area contributed by atoms with Crippen LogP contribution in [-0.2, 0) is 16.4 Å². The Morgan fingerprint density at radius 1 is 1.18 bits per heavy atom. The molecule has 0 radical (unpaired) electrons. The topological polar surface area (TPSA) is 39.1 Å². The van der Waals surface area contributed by atoms with Crippen LogP contribution < -0.4 is 0 Å². The van der Waals surface area contributed by atoms with Gasteiger partial charge in [-0.15, -0.1) is 0 Å². The highest BCUT2D eigenvalue weighted by molar-refractivity contribution is 7.91. The molecule has 3 nitrogen and oxygen atoms in total. The first kappa shape index (κ1) is 12.2. The Labute approximate surface area is 102 Å². The smallest absolute Gasteiger partial charge is 0.150 e. The monoisotopic (exact) mass is 251 g/mol. The molecule has 0 N–H and O–H groups in total. The van der Waals surface area contributed by atoms with Gasteiger partial charge in [-0.3, -0.25) is 0 Å². The summed E-state index contributed by atoms with van der Waals surface area (Å²) >= 11 is 0. The number of hydrogen-bond acceptors (Lipinski definition) is 2. The van der Waals surface area contributed by atoms with Gasteiger partial charge in [0.15, 0.2) is 0 Å². The quantitative estimate of drug-likeness (QED) is 0.819. The molecule has 0 saturated carbocycles. The number of aryl methyl sites for hydroxylation is 1. The molecule has 0 fully saturated rings. The van der Waals surface area contributed by atoms with E-state index >= 15 is 0 Å². The minimum atomic E-state index is -2.84. The van der Waals surface area contributed by atoms with Crippen molar-refractivity contribution in [3.8, 4) is 0 Å². The lowest BCUT2D eigenvalue weighted by Crippen LogP contribution is -2.10. The van der Waals surface area contributed by atoms with Gasteiger partial charge in [0, 0.05) is 24.0 Å². The summed E-state index contributed by atoms with van der Waals surface area (Å²) in [5.74, 6) is 0.509. The summed E-state index contributed by atoms with van der Waals surface area (Å²) in [5.41, 5.74) is 1.17. The van der Waals surface area contributed by atoms with Crippen molar-refractivity contribution in [3.63, 3.8) is 0 Å². The molecular weight excluding hydrogens is 234 g/mol. The van der Waals surface area contributed by atoms with Gasteiger partial charge in [0.25, 0.3) is 0 Å². The van der Waals surface area contributed by atoms with E-state index in [0.717, 1.165) is 6.54 Å². The largest absolute Gasteiger partial charge is 0.347 e. The standard InChI is InChI=1S/C13H17NO2S/c1-2-17(15,16)11-5-9-14-10-8-12-6-3-4-7-13(12)14/h3-4,6-8,10H,2,5,9,11H2,1H3. The molecule has 0 atom stereocenters. The van der Waals surface area contributed by atoms with E-state index < -0.39 is 9.84 Å². The fourth-order valence-electron chi connectivity index (χ4n) is 1.93. The molecule has 0 bridgehead atoms. The molecule has 0 aliphatic rings. The Bertz CT molecular complexity index is 599. The molecule has 1 heterocycles. The van der Waals surface area contributed by atoms with E-state index in [2.05, 4.69) is 22.8 Å². The van der Waals surface area contributed by atoms with Crippen molar-refractivity contribution >= 4 is 20.7 Å². The molecule has 0 unspecified atom stereocenters. The molecule has 17 heavy (non-hydrogen) atoms. The van der Waals surface area contributed by atoms with Crippen LogP contribution in [0.4, 0.5) is 0 Å². The Hall–Kier alpha value is -1.29. The van der Waals surface area contributed by atoms with Gasteiger partial charge in [-0.05, 0) is 23.9 Å². The molecule has 0 saturated heterocycles. The van der Waals surface area contributed by atoms with Crippen molar-refractivity contribution in [1.82, 2.24) is 4.57 Å². The van der Waals surface area contributed by atoms with Crippen LogP contribution in [-0.4, -0.2) is 24.5 Å². The Morgan fingerprint density at radius 2 is 1.94 bits per heavy atom. The number of fused-ring (bicyclic) bond motifs is 1. The summed E-state index contributed by atoms with van der Waals surface area (Å²) in [6.07, 6.45) is 2.69. The molecule has 0 amide bonds. The summed E-state index contributed by atoms with van der Waals surface area (Å²) in [6, 6.07) is 10.2. The van der Waals surface area contributed by atoms with E-state index in [4.69, 9.17) is 0 Å². The maximum absolute atomic E-state index is 11.4. The van der Waals surface area contributed by atoms with Crippen molar-refractivity contribution in [3.05, 3.63) is 36.5 Å². The third-order valence-corrected chi connectivity index (χ3v) is 4.76. The van der Waals surface area contributed by atoms with Crippen molar-refractivity contribution in [2.45, 2.75) is 19.9 Å². The van der Waals surface area contributed by atoms with Crippen LogP contribution in [0.1, 0.15) is 13.3 Å². The summed E-state index contributed by atoms with van der Waals surface area (Å²) in [4.78, 5) is 0. The second-order valence-electron chi connectivity index (χ2n) is 4.16. The van der Waals surface area contributed by atoms with Gasteiger partial charge in [0.2, 0.25) is 0 Å². The van der Waals surface area contributed by atoms with Gasteiger partial charge >= 0.3 is 0 Å². The average molecular weight is 251 g/mol. The molecular formula is C13H17NO2S. The first-order valence-corrected chi connectivity index (χ1v) is 7.69. The van der Waals surface area contributed by atoms with Crippen molar-refractivity contribution in [2.75, 3.05) is 11.5 Å². The summed E-state index contributed by atoms with van der Waals surface area (Å²) in [5, 5.41) is 1.20. The molecule has 1 aromatic carbocycles. The fraction of sp³-hybridized carbons (Fsp3) is 0.385. The zero-order valence-electron chi connectivity index (χ0n) is 9.96. The van der Waals surface area contributed by atoms with E-state index in [1.54, 1.807) is 6.92 Å². The number of nitrogens with zero attached hydrogens (tertiary/aromatic N) is 1. The van der Waals surface area contributed by atoms with Crippen LogP contribution in [0.3, 0.4) is 0 Å².